The van der Waals surface area contributed by atoms with Gasteiger partial charge in [-0.05, 0) is 30.3 Å². The molecule has 24 heavy (non-hydrogen) atoms. The molecule has 0 aliphatic carbocycles. The van der Waals surface area contributed by atoms with E-state index in [9.17, 15) is 9.59 Å². The van der Waals surface area contributed by atoms with Crippen molar-refractivity contribution in [2.45, 2.75) is 13.0 Å². The monoisotopic (exact) mass is 408 g/mol. The van der Waals surface area contributed by atoms with E-state index in [4.69, 9.17) is 9.15 Å². The van der Waals surface area contributed by atoms with E-state index >= 15 is 0 Å². The summed E-state index contributed by atoms with van der Waals surface area (Å²) in [5.41, 5.74) is 0.901. The maximum absolute atomic E-state index is 12.2. The third-order valence-corrected chi connectivity index (χ3v) is 4.88. The van der Waals surface area contributed by atoms with E-state index in [0.717, 1.165) is 14.7 Å². The van der Waals surface area contributed by atoms with Crippen molar-refractivity contribution in [2.24, 2.45) is 4.99 Å². The summed E-state index contributed by atoms with van der Waals surface area (Å²) in [4.78, 5) is 28.3. The Labute approximate surface area is 149 Å². The van der Waals surface area contributed by atoms with Crippen molar-refractivity contribution in [1.82, 2.24) is 4.57 Å². The third kappa shape index (κ3) is 3.49. The highest BCUT2D eigenvalue weighted by molar-refractivity contribution is 9.10. The topological polar surface area (TPSA) is 73.8 Å². The zero-order valence-corrected chi connectivity index (χ0v) is 15.1. The number of amides is 1. The van der Waals surface area contributed by atoms with E-state index in [2.05, 4.69) is 20.9 Å². The summed E-state index contributed by atoms with van der Waals surface area (Å²) in [6.07, 6.45) is 1.62. The average molecular weight is 409 g/mol. The first-order chi connectivity index (χ1) is 11.6. The van der Waals surface area contributed by atoms with E-state index in [0.29, 0.717) is 11.3 Å². The van der Waals surface area contributed by atoms with Crippen LogP contribution in [0.15, 0.2) is 50.5 Å². The molecule has 0 saturated heterocycles. The van der Waals surface area contributed by atoms with Gasteiger partial charge in [-0.15, -0.1) is 0 Å². The van der Waals surface area contributed by atoms with Gasteiger partial charge in [-0.25, -0.2) is 0 Å². The number of aryl methyl sites for hydroxylation is 1. The number of ether oxygens (including phenoxy) is 1. The van der Waals surface area contributed by atoms with E-state index in [1.54, 1.807) is 12.1 Å². The Morgan fingerprint density at radius 1 is 1.38 bits per heavy atom. The number of esters is 1. The lowest BCUT2D eigenvalue weighted by Gasteiger charge is -2.04. The van der Waals surface area contributed by atoms with E-state index in [1.807, 2.05) is 22.8 Å². The molecule has 0 N–H and O–H groups in total. The Morgan fingerprint density at radius 2 is 2.21 bits per heavy atom. The fraction of sp³-hybridized carbons (Fsp3) is 0.188. The summed E-state index contributed by atoms with van der Waals surface area (Å²) in [5, 5.41) is 0. The van der Waals surface area contributed by atoms with Crippen LogP contribution in [0, 0.1) is 0 Å². The Kier molecular flexibility index (Phi) is 4.96. The number of hydrogen-bond acceptors (Lipinski definition) is 5. The number of furan rings is 1. The fourth-order valence-electron chi connectivity index (χ4n) is 2.20. The number of rotatable bonds is 4. The number of hydrogen-bond donors (Lipinski definition) is 0. The minimum absolute atomic E-state index is 0.174. The zero-order valence-electron chi connectivity index (χ0n) is 12.7. The van der Waals surface area contributed by atoms with Gasteiger partial charge in [0.2, 0.25) is 0 Å². The fourth-order valence-corrected chi connectivity index (χ4v) is 3.80. The number of aromatic nitrogens is 1. The molecule has 6 nitrogen and oxygen atoms in total. The van der Waals surface area contributed by atoms with Crippen LogP contribution in [0.2, 0.25) is 0 Å². The second-order valence-electron chi connectivity index (χ2n) is 4.87. The first kappa shape index (κ1) is 16.7. The average Bonchev–Trinajstić information content (AvgIpc) is 3.20. The molecule has 0 fully saturated rings. The number of carbonyl (C=O) groups excluding carboxylic acids is 2. The van der Waals surface area contributed by atoms with E-state index < -0.39 is 5.91 Å². The molecule has 0 aliphatic rings. The largest absolute Gasteiger partial charge is 0.469 e. The summed E-state index contributed by atoms with van der Waals surface area (Å²) in [7, 11) is 1.35. The predicted octanol–water partition coefficient (Wildman–Crippen LogP) is 3.36. The molecule has 2 aromatic heterocycles. The molecule has 2 heterocycles. The van der Waals surface area contributed by atoms with E-state index in [-0.39, 0.29) is 18.2 Å². The standard InChI is InChI=1S/C16H13BrN2O4S/c1-22-14(20)6-7-19-11-5-4-10(17)9-13(11)24-16(19)18-15(21)12-3-2-8-23-12/h2-5,8-9H,6-7H2,1H3. The van der Waals surface area contributed by atoms with Crippen LogP contribution in [0.4, 0.5) is 0 Å². The molecule has 8 heteroatoms. The van der Waals surface area contributed by atoms with Crippen LogP contribution in [0.3, 0.4) is 0 Å². The van der Waals surface area contributed by atoms with E-state index in [1.165, 1.54) is 24.7 Å². The van der Waals surface area contributed by atoms with Gasteiger partial charge in [0.15, 0.2) is 10.6 Å². The third-order valence-electron chi connectivity index (χ3n) is 3.34. The van der Waals surface area contributed by atoms with Crippen LogP contribution in [-0.4, -0.2) is 23.6 Å². The second kappa shape index (κ2) is 7.14. The maximum atomic E-state index is 12.2. The van der Waals surface area contributed by atoms with Gasteiger partial charge in [0.05, 0.1) is 30.0 Å². The lowest BCUT2D eigenvalue weighted by Crippen LogP contribution is -2.19. The van der Waals surface area contributed by atoms with Gasteiger partial charge in [-0.3, -0.25) is 9.59 Å². The van der Waals surface area contributed by atoms with Crippen LogP contribution in [0.1, 0.15) is 17.0 Å². The molecule has 124 valence electrons. The number of halogens is 1. The SMILES string of the molecule is COC(=O)CCn1c(=NC(=O)c2ccco2)sc2cc(Br)ccc21. The minimum Gasteiger partial charge on any atom is -0.469 e. The van der Waals surface area contributed by atoms with Crippen molar-refractivity contribution in [3.05, 3.63) is 51.6 Å². The molecule has 0 radical (unpaired) electrons. The van der Waals surface area contributed by atoms with Crippen molar-refractivity contribution in [1.29, 1.82) is 0 Å². The van der Waals surface area contributed by atoms with Gasteiger partial charge in [-0.2, -0.15) is 4.99 Å². The first-order valence-corrected chi connectivity index (χ1v) is 8.67. The first-order valence-electron chi connectivity index (χ1n) is 7.07. The number of nitrogens with zero attached hydrogens (tertiary/aromatic N) is 2. The maximum Gasteiger partial charge on any atom is 0.315 e. The quantitative estimate of drug-likeness (QED) is 0.620. The Morgan fingerprint density at radius 3 is 2.92 bits per heavy atom. The summed E-state index contributed by atoms with van der Waals surface area (Å²) >= 11 is 4.81. The molecule has 0 atom stereocenters. The van der Waals surface area contributed by atoms with Crippen LogP contribution in [0.25, 0.3) is 10.2 Å². The van der Waals surface area contributed by atoms with Crippen LogP contribution >= 0.6 is 27.3 Å². The molecule has 3 aromatic rings. The molecule has 0 unspecified atom stereocenters. The molecular weight excluding hydrogens is 396 g/mol. The molecular formula is C16H13BrN2O4S. The van der Waals surface area contributed by atoms with Crippen LogP contribution < -0.4 is 4.80 Å². The molecule has 1 aromatic carbocycles. The minimum atomic E-state index is -0.461. The number of methoxy groups -OCH3 is 1. The number of thiazole rings is 1. The summed E-state index contributed by atoms with van der Waals surface area (Å²) in [5.74, 6) is -0.604. The lowest BCUT2D eigenvalue weighted by atomic mass is 10.3. The van der Waals surface area contributed by atoms with Gasteiger partial charge >= 0.3 is 11.9 Å². The van der Waals surface area contributed by atoms with Gasteiger partial charge in [-0.1, -0.05) is 27.3 Å². The van der Waals surface area contributed by atoms with Crippen LogP contribution in [0.5, 0.6) is 0 Å². The smallest absolute Gasteiger partial charge is 0.315 e. The van der Waals surface area contributed by atoms with Gasteiger partial charge < -0.3 is 13.7 Å². The highest BCUT2D eigenvalue weighted by Crippen LogP contribution is 2.22. The predicted molar refractivity (Wildman–Crippen MR) is 92.7 cm³/mol. The Bertz CT molecular complexity index is 956. The van der Waals surface area contributed by atoms with Crippen molar-refractivity contribution in [3.8, 4) is 0 Å². The number of fused-ring (bicyclic) bond motifs is 1. The molecule has 3 rings (SSSR count). The number of carbonyl (C=O) groups is 2. The van der Waals surface area contributed by atoms with Crippen molar-refractivity contribution in [3.63, 3.8) is 0 Å². The van der Waals surface area contributed by atoms with Crippen molar-refractivity contribution in [2.75, 3.05) is 7.11 Å². The molecule has 1 amide bonds. The van der Waals surface area contributed by atoms with Gasteiger partial charge in [0.1, 0.15) is 0 Å². The normalized spacial score (nSPS) is 11.8. The van der Waals surface area contributed by atoms with Gasteiger partial charge in [0, 0.05) is 11.0 Å². The van der Waals surface area contributed by atoms with Gasteiger partial charge in [0.25, 0.3) is 0 Å². The Balaban J connectivity index is 2.07. The second-order valence-corrected chi connectivity index (χ2v) is 6.79. The number of benzene rings is 1. The molecule has 0 aliphatic heterocycles. The highest BCUT2D eigenvalue weighted by Gasteiger charge is 2.12. The molecule has 0 bridgehead atoms. The lowest BCUT2D eigenvalue weighted by molar-refractivity contribution is -0.140. The molecule has 0 spiro atoms. The summed E-state index contributed by atoms with van der Waals surface area (Å²) in [6.45, 7) is 0.374. The molecule has 0 saturated carbocycles. The summed E-state index contributed by atoms with van der Waals surface area (Å²) < 4.78 is 13.5. The van der Waals surface area contributed by atoms with Crippen LogP contribution in [-0.2, 0) is 16.1 Å². The van der Waals surface area contributed by atoms with Crippen molar-refractivity contribution < 1.29 is 18.7 Å². The Hall–Kier alpha value is -2.19. The zero-order chi connectivity index (χ0) is 17.1. The summed E-state index contributed by atoms with van der Waals surface area (Å²) in [6, 6.07) is 8.97. The highest BCUT2D eigenvalue weighted by atomic mass is 79.9. The van der Waals surface area contributed by atoms with Crippen molar-refractivity contribution >= 4 is 49.4 Å².